The predicted octanol–water partition coefficient (Wildman–Crippen LogP) is 3.09. The summed E-state index contributed by atoms with van der Waals surface area (Å²) >= 11 is 5.95. The molecule has 0 bridgehead atoms. The van der Waals surface area contributed by atoms with Gasteiger partial charge in [0.1, 0.15) is 0 Å². The topological polar surface area (TPSA) is 29.1 Å². The highest BCUT2D eigenvalue weighted by Gasteiger charge is 2.49. The van der Waals surface area contributed by atoms with E-state index in [9.17, 15) is 18.0 Å². The van der Waals surface area contributed by atoms with E-state index in [2.05, 4.69) is 5.32 Å². The van der Waals surface area contributed by atoms with E-state index in [4.69, 9.17) is 11.6 Å². The molecule has 1 aliphatic rings. The maximum absolute atomic E-state index is 12.2. The van der Waals surface area contributed by atoms with Gasteiger partial charge in [0, 0.05) is 10.6 Å². The molecule has 0 unspecified atom stereocenters. The fourth-order valence-electron chi connectivity index (χ4n) is 1.81. The van der Waals surface area contributed by atoms with Crippen molar-refractivity contribution in [3.8, 4) is 0 Å². The Kier molecular flexibility index (Phi) is 3.27. The van der Waals surface area contributed by atoms with E-state index in [0.29, 0.717) is 24.3 Å². The molecule has 0 atom stereocenters. The summed E-state index contributed by atoms with van der Waals surface area (Å²) in [5, 5.41) is 2.57. The summed E-state index contributed by atoms with van der Waals surface area (Å²) < 4.78 is 36.6. The second-order valence-electron chi connectivity index (χ2n) is 4.50. The minimum absolute atomic E-state index is 0.328. The van der Waals surface area contributed by atoms with Crippen LogP contribution in [0.3, 0.4) is 0 Å². The van der Waals surface area contributed by atoms with Crippen LogP contribution in [-0.4, -0.2) is 17.6 Å². The number of carbonyl (C=O) groups is 1. The number of nitrogens with one attached hydrogen (secondary N) is 1. The van der Waals surface area contributed by atoms with Crippen LogP contribution in [0, 0.1) is 0 Å². The third-order valence-corrected chi connectivity index (χ3v) is 3.35. The molecule has 0 aliphatic heterocycles. The summed E-state index contributed by atoms with van der Waals surface area (Å²) in [5.74, 6) is -1.88. The lowest BCUT2D eigenvalue weighted by atomic mass is 10.0. The molecule has 1 aromatic rings. The van der Waals surface area contributed by atoms with Crippen LogP contribution in [0.25, 0.3) is 0 Å². The molecule has 0 radical (unpaired) electrons. The summed E-state index contributed by atoms with van der Waals surface area (Å²) in [6.07, 6.45) is -3.43. The lowest BCUT2D eigenvalue weighted by molar-refractivity contribution is -0.174. The van der Waals surface area contributed by atoms with E-state index in [1.807, 2.05) is 0 Å². The van der Waals surface area contributed by atoms with Crippen LogP contribution in [0.15, 0.2) is 24.3 Å². The summed E-state index contributed by atoms with van der Waals surface area (Å²) in [6, 6.07) is 6.95. The van der Waals surface area contributed by atoms with Gasteiger partial charge in [-0.25, -0.2) is 0 Å². The third kappa shape index (κ3) is 2.96. The van der Waals surface area contributed by atoms with Crippen molar-refractivity contribution in [2.45, 2.75) is 31.0 Å². The molecule has 0 saturated heterocycles. The van der Waals surface area contributed by atoms with Crippen LogP contribution in [0.5, 0.6) is 0 Å². The van der Waals surface area contributed by atoms with Crippen molar-refractivity contribution in [2.24, 2.45) is 0 Å². The zero-order chi connectivity index (χ0) is 13.4. The molecule has 6 heteroatoms. The maximum atomic E-state index is 12.2. The predicted molar refractivity (Wildman–Crippen MR) is 61.3 cm³/mol. The standard InChI is InChI=1S/C12H11ClF3NO/c13-9-4-2-1-3-8(9)7-11(5-6-11)17-10(18)12(14,15)16/h1-4H,5-7H2,(H,17,18). The van der Waals surface area contributed by atoms with Gasteiger partial charge < -0.3 is 5.32 Å². The van der Waals surface area contributed by atoms with Crippen LogP contribution in [0.2, 0.25) is 5.02 Å². The zero-order valence-electron chi connectivity index (χ0n) is 9.35. The first kappa shape index (κ1) is 13.2. The quantitative estimate of drug-likeness (QED) is 0.904. The normalized spacial score (nSPS) is 17.3. The Balaban J connectivity index is 2.06. The van der Waals surface area contributed by atoms with Gasteiger partial charge in [-0.05, 0) is 30.9 Å². The number of rotatable bonds is 3. The number of hydrogen-bond acceptors (Lipinski definition) is 1. The van der Waals surface area contributed by atoms with Crippen LogP contribution >= 0.6 is 11.6 Å². The van der Waals surface area contributed by atoms with E-state index < -0.39 is 17.6 Å². The van der Waals surface area contributed by atoms with Gasteiger partial charge in [0.15, 0.2) is 0 Å². The van der Waals surface area contributed by atoms with Crippen LogP contribution in [0.4, 0.5) is 13.2 Å². The number of benzene rings is 1. The second-order valence-corrected chi connectivity index (χ2v) is 4.91. The maximum Gasteiger partial charge on any atom is 0.471 e. The number of hydrogen-bond donors (Lipinski definition) is 1. The largest absolute Gasteiger partial charge is 0.471 e. The molecule has 98 valence electrons. The summed E-state index contributed by atoms with van der Waals surface area (Å²) in [6.45, 7) is 0. The molecular formula is C12H11ClF3NO. The average molecular weight is 278 g/mol. The van der Waals surface area contributed by atoms with Crippen LogP contribution in [-0.2, 0) is 11.2 Å². The molecule has 2 nitrogen and oxygen atoms in total. The highest BCUT2D eigenvalue weighted by Crippen LogP contribution is 2.40. The minimum atomic E-state index is -4.84. The number of carbonyl (C=O) groups excluding carboxylic acids is 1. The van der Waals surface area contributed by atoms with Crippen molar-refractivity contribution < 1.29 is 18.0 Å². The summed E-state index contributed by atoms with van der Waals surface area (Å²) in [4.78, 5) is 10.9. The van der Waals surface area contributed by atoms with Crippen LogP contribution in [0.1, 0.15) is 18.4 Å². The van der Waals surface area contributed by atoms with E-state index >= 15 is 0 Å². The van der Waals surface area contributed by atoms with Crippen molar-refractivity contribution in [1.82, 2.24) is 5.32 Å². The molecule has 0 aromatic heterocycles. The Morgan fingerprint density at radius 2 is 1.94 bits per heavy atom. The molecule has 1 N–H and O–H groups in total. The Hall–Kier alpha value is -1.23. The Bertz CT molecular complexity index is 469. The fourth-order valence-corrected chi connectivity index (χ4v) is 2.02. The Morgan fingerprint density at radius 1 is 1.33 bits per heavy atom. The van der Waals surface area contributed by atoms with Crippen molar-refractivity contribution in [3.63, 3.8) is 0 Å². The van der Waals surface area contributed by atoms with Gasteiger partial charge in [-0.2, -0.15) is 13.2 Å². The Morgan fingerprint density at radius 3 is 2.44 bits per heavy atom. The van der Waals surface area contributed by atoms with E-state index in [0.717, 1.165) is 5.56 Å². The van der Waals surface area contributed by atoms with Gasteiger partial charge in [0.05, 0.1) is 0 Å². The van der Waals surface area contributed by atoms with Gasteiger partial charge in [-0.15, -0.1) is 0 Å². The first-order valence-corrected chi connectivity index (χ1v) is 5.83. The molecule has 2 rings (SSSR count). The number of halogens is 4. The molecule has 1 amide bonds. The SMILES string of the molecule is O=C(NC1(Cc2ccccc2Cl)CC1)C(F)(F)F. The monoisotopic (exact) mass is 277 g/mol. The second kappa shape index (κ2) is 4.46. The number of amides is 1. The fraction of sp³-hybridized carbons (Fsp3) is 0.417. The van der Waals surface area contributed by atoms with Gasteiger partial charge in [0.2, 0.25) is 0 Å². The molecular weight excluding hydrogens is 267 g/mol. The minimum Gasteiger partial charge on any atom is -0.343 e. The smallest absolute Gasteiger partial charge is 0.343 e. The third-order valence-electron chi connectivity index (χ3n) is 2.98. The first-order valence-electron chi connectivity index (χ1n) is 5.45. The lowest BCUT2D eigenvalue weighted by Gasteiger charge is -2.19. The molecule has 1 saturated carbocycles. The summed E-state index contributed by atoms with van der Waals surface area (Å²) in [5.41, 5.74) is -0.0310. The first-order chi connectivity index (χ1) is 8.32. The molecule has 18 heavy (non-hydrogen) atoms. The molecule has 1 fully saturated rings. The van der Waals surface area contributed by atoms with Crippen molar-refractivity contribution >= 4 is 17.5 Å². The van der Waals surface area contributed by atoms with Crippen molar-refractivity contribution in [1.29, 1.82) is 0 Å². The van der Waals surface area contributed by atoms with Gasteiger partial charge in [0.25, 0.3) is 0 Å². The zero-order valence-corrected chi connectivity index (χ0v) is 10.1. The van der Waals surface area contributed by atoms with E-state index in [-0.39, 0.29) is 0 Å². The van der Waals surface area contributed by atoms with Crippen LogP contribution < -0.4 is 5.32 Å². The van der Waals surface area contributed by atoms with Gasteiger partial charge in [-0.1, -0.05) is 29.8 Å². The molecule has 1 aliphatic carbocycles. The van der Waals surface area contributed by atoms with Crippen molar-refractivity contribution in [2.75, 3.05) is 0 Å². The van der Waals surface area contributed by atoms with Crippen molar-refractivity contribution in [3.05, 3.63) is 34.9 Å². The van der Waals surface area contributed by atoms with E-state index in [1.54, 1.807) is 24.3 Å². The molecule has 1 aromatic carbocycles. The summed E-state index contributed by atoms with van der Waals surface area (Å²) in [7, 11) is 0. The highest BCUT2D eigenvalue weighted by atomic mass is 35.5. The van der Waals surface area contributed by atoms with E-state index in [1.165, 1.54) is 0 Å². The lowest BCUT2D eigenvalue weighted by Crippen LogP contribution is -2.45. The highest BCUT2D eigenvalue weighted by molar-refractivity contribution is 6.31. The Labute approximate surface area is 107 Å². The van der Waals surface area contributed by atoms with Gasteiger partial charge >= 0.3 is 12.1 Å². The molecule has 0 spiro atoms. The number of alkyl halides is 3. The molecule has 0 heterocycles. The average Bonchev–Trinajstić information content (AvgIpc) is 3.00. The van der Waals surface area contributed by atoms with Gasteiger partial charge in [-0.3, -0.25) is 4.79 Å².